The van der Waals surface area contributed by atoms with Crippen molar-refractivity contribution in [3.05, 3.63) is 83.4 Å². The summed E-state index contributed by atoms with van der Waals surface area (Å²) in [5.74, 6) is 2.67. The van der Waals surface area contributed by atoms with Crippen LogP contribution in [0.1, 0.15) is 51.1 Å². The van der Waals surface area contributed by atoms with Crippen molar-refractivity contribution in [2.24, 2.45) is 0 Å². The summed E-state index contributed by atoms with van der Waals surface area (Å²) in [5.41, 5.74) is 4.98. The van der Waals surface area contributed by atoms with E-state index >= 15 is 0 Å². The van der Waals surface area contributed by atoms with Gasteiger partial charge < -0.3 is 15.1 Å². The van der Waals surface area contributed by atoms with Gasteiger partial charge in [0.15, 0.2) is 0 Å². The van der Waals surface area contributed by atoms with Crippen LogP contribution in [0.15, 0.2) is 66.4 Å². The third-order valence-electron chi connectivity index (χ3n) is 5.34. The summed E-state index contributed by atoms with van der Waals surface area (Å²) in [6.45, 7) is 22.2. The average molecular weight is 464 g/mol. The number of benzene rings is 1. The maximum atomic E-state index is 4.57. The maximum Gasteiger partial charge on any atom is 0.135 e. The van der Waals surface area contributed by atoms with E-state index in [-0.39, 0.29) is 0 Å². The van der Waals surface area contributed by atoms with Crippen molar-refractivity contribution in [1.82, 2.24) is 14.9 Å². The molecule has 186 valence electrons. The van der Waals surface area contributed by atoms with Gasteiger partial charge >= 0.3 is 0 Å². The third kappa shape index (κ3) is 12.4. The number of aryl methyl sites for hydroxylation is 3. The van der Waals surface area contributed by atoms with Gasteiger partial charge in [0.1, 0.15) is 17.5 Å². The summed E-state index contributed by atoms with van der Waals surface area (Å²) < 4.78 is 0. The predicted octanol–water partition coefficient (Wildman–Crippen LogP) is 6.70. The molecule has 1 fully saturated rings. The van der Waals surface area contributed by atoms with E-state index < -0.39 is 0 Å². The van der Waals surface area contributed by atoms with Crippen LogP contribution in [0.25, 0.3) is 0 Å². The van der Waals surface area contributed by atoms with Crippen molar-refractivity contribution in [1.29, 1.82) is 0 Å². The second kappa shape index (κ2) is 15.8. The highest BCUT2D eigenvalue weighted by molar-refractivity contribution is 5.52. The van der Waals surface area contributed by atoms with Crippen LogP contribution < -0.4 is 10.2 Å². The molecule has 3 rings (SSSR count). The Labute approximate surface area is 208 Å². The lowest BCUT2D eigenvalue weighted by Crippen LogP contribution is -2.44. The Bertz CT molecular complexity index is 899. The van der Waals surface area contributed by atoms with Gasteiger partial charge in [0, 0.05) is 37.9 Å². The van der Waals surface area contributed by atoms with E-state index in [4.69, 9.17) is 0 Å². The van der Waals surface area contributed by atoms with E-state index in [2.05, 4.69) is 83.7 Å². The smallest absolute Gasteiger partial charge is 0.135 e. The molecule has 1 aromatic heterocycles. The molecule has 0 unspecified atom stereocenters. The molecular weight excluding hydrogens is 418 g/mol. The number of aromatic nitrogens is 2. The number of hydrogen-bond acceptors (Lipinski definition) is 5. The van der Waals surface area contributed by atoms with Gasteiger partial charge in [-0.15, -0.1) is 6.58 Å². The van der Waals surface area contributed by atoms with E-state index in [1.165, 1.54) is 16.7 Å². The lowest BCUT2D eigenvalue weighted by molar-refractivity contribution is 0.312. The van der Waals surface area contributed by atoms with Crippen LogP contribution >= 0.6 is 0 Å². The van der Waals surface area contributed by atoms with Crippen molar-refractivity contribution in [3.8, 4) is 0 Å². The second-order valence-electron chi connectivity index (χ2n) is 8.91. The highest BCUT2D eigenvalue weighted by atomic mass is 15.3. The molecule has 0 saturated carbocycles. The van der Waals surface area contributed by atoms with Gasteiger partial charge in [-0.2, -0.15) is 0 Å². The van der Waals surface area contributed by atoms with Crippen LogP contribution in [-0.4, -0.2) is 48.1 Å². The Kier molecular flexibility index (Phi) is 13.6. The molecule has 1 saturated heterocycles. The zero-order valence-electron chi connectivity index (χ0n) is 22.7. The number of hydrogen-bond donors (Lipinski definition) is 1. The topological polar surface area (TPSA) is 44.3 Å². The highest BCUT2D eigenvalue weighted by Crippen LogP contribution is 2.18. The van der Waals surface area contributed by atoms with Crippen molar-refractivity contribution in [2.75, 3.05) is 43.4 Å². The van der Waals surface area contributed by atoms with Crippen LogP contribution in [0.5, 0.6) is 0 Å². The van der Waals surface area contributed by atoms with Crippen LogP contribution in [0.3, 0.4) is 0 Å². The molecule has 1 aliphatic rings. The molecule has 0 aliphatic carbocycles. The Morgan fingerprint density at radius 2 is 1.53 bits per heavy atom. The standard InChI is InChI=1S/C16H25N5.C8H10.C5H10/c1-5-6-7-13(2)17-15-12-16(19-14(3)18-15)21-10-8-20(4)9-11-21;1-7-3-5-8(2)6-4-7;1-4-5(2)3/h5-7,12H,8-11H2,1-4H3,(H,17,18,19);3-6H,1-2H3;2,4H2,1,3H3/b6-5-,13-7+;;. The highest BCUT2D eigenvalue weighted by Gasteiger charge is 2.16. The molecule has 1 aromatic carbocycles. The van der Waals surface area contributed by atoms with Gasteiger partial charge in [0.2, 0.25) is 0 Å². The average Bonchev–Trinajstić information content (AvgIpc) is 2.80. The molecule has 0 spiro atoms. The molecule has 2 heterocycles. The molecule has 0 amide bonds. The minimum Gasteiger partial charge on any atom is -0.354 e. The van der Waals surface area contributed by atoms with Gasteiger partial charge in [-0.25, -0.2) is 9.97 Å². The number of nitrogens with zero attached hydrogens (tertiary/aromatic N) is 4. The first-order chi connectivity index (χ1) is 16.1. The summed E-state index contributed by atoms with van der Waals surface area (Å²) >= 11 is 0. The lowest BCUT2D eigenvalue weighted by atomic mass is 10.2. The summed E-state index contributed by atoms with van der Waals surface area (Å²) in [6.07, 6.45) is 7.16. The fourth-order valence-corrected chi connectivity index (χ4v) is 2.93. The Hall–Kier alpha value is -2.92. The van der Waals surface area contributed by atoms with Crippen LogP contribution in [0.4, 0.5) is 11.6 Å². The van der Waals surface area contributed by atoms with E-state index in [0.717, 1.165) is 55.8 Å². The Balaban J connectivity index is 0.000000363. The molecular formula is C29H45N5. The lowest BCUT2D eigenvalue weighted by Gasteiger charge is -2.33. The molecule has 34 heavy (non-hydrogen) atoms. The summed E-state index contributed by atoms with van der Waals surface area (Å²) in [7, 11) is 2.16. The molecule has 0 atom stereocenters. The first-order valence-electron chi connectivity index (χ1n) is 12.2. The van der Waals surface area contributed by atoms with Gasteiger partial charge in [-0.3, -0.25) is 0 Å². The molecule has 2 aromatic rings. The fourth-order valence-electron chi connectivity index (χ4n) is 2.93. The number of likely N-dealkylation sites (N-methyl/N-ethyl adjacent to an activating group) is 1. The van der Waals surface area contributed by atoms with Crippen LogP contribution in [0.2, 0.25) is 0 Å². The van der Waals surface area contributed by atoms with E-state index in [1.54, 1.807) is 0 Å². The van der Waals surface area contributed by atoms with Crippen molar-refractivity contribution >= 4 is 11.6 Å². The minimum absolute atomic E-state index is 0.799. The van der Waals surface area contributed by atoms with Crippen molar-refractivity contribution in [3.63, 3.8) is 0 Å². The van der Waals surface area contributed by atoms with Gasteiger partial charge in [-0.05, 0) is 61.1 Å². The van der Waals surface area contributed by atoms with Gasteiger partial charge in [-0.1, -0.05) is 60.0 Å². The van der Waals surface area contributed by atoms with Gasteiger partial charge in [0.05, 0.1) is 0 Å². The second-order valence-corrected chi connectivity index (χ2v) is 8.91. The largest absolute Gasteiger partial charge is 0.354 e. The van der Waals surface area contributed by atoms with E-state index in [0.29, 0.717) is 0 Å². The molecule has 5 heteroatoms. The normalized spacial score (nSPS) is 14.1. The monoisotopic (exact) mass is 463 g/mol. The maximum absolute atomic E-state index is 4.57. The van der Waals surface area contributed by atoms with Crippen molar-refractivity contribution < 1.29 is 0 Å². The molecule has 0 radical (unpaired) electrons. The molecule has 1 N–H and O–H groups in total. The Morgan fingerprint density at radius 1 is 1.00 bits per heavy atom. The van der Waals surface area contributed by atoms with Gasteiger partial charge in [0.25, 0.3) is 0 Å². The number of piperazine rings is 1. The number of anilines is 2. The fraction of sp³-hybridized carbons (Fsp3) is 0.448. The zero-order chi connectivity index (χ0) is 25.5. The Morgan fingerprint density at radius 3 is 2.00 bits per heavy atom. The van der Waals surface area contributed by atoms with E-state index in [1.807, 2.05) is 52.0 Å². The summed E-state index contributed by atoms with van der Waals surface area (Å²) in [6, 6.07) is 10.5. The van der Waals surface area contributed by atoms with Crippen LogP contribution in [0, 0.1) is 20.8 Å². The first kappa shape index (κ1) is 29.1. The minimum atomic E-state index is 0.799. The summed E-state index contributed by atoms with van der Waals surface area (Å²) in [4.78, 5) is 13.7. The van der Waals surface area contributed by atoms with Crippen LogP contribution in [-0.2, 0) is 0 Å². The summed E-state index contributed by atoms with van der Waals surface area (Å²) in [5, 5.41) is 3.33. The first-order valence-corrected chi connectivity index (χ1v) is 12.2. The quantitative estimate of drug-likeness (QED) is 0.394. The van der Waals surface area contributed by atoms with E-state index in [9.17, 15) is 0 Å². The number of allylic oxidation sites excluding steroid dienone is 5. The number of rotatable bonds is 5. The predicted molar refractivity (Wildman–Crippen MR) is 150 cm³/mol. The molecule has 1 aliphatic heterocycles. The molecule has 0 bridgehead atoms. The number of nitrogens with one attached hydrogen (secondary N) is 1. The van der Waals surface area contributed by atoms with Crippen molar-refractivity contribution in [2.45, 2.75) is 54.9 Å². The SMILES string of the molecule is C/C=C\C=C(/C)Nc1cc(N2CCN(C)CC2)nc(C)n1.C=C(C)CC.Cc1ccc(C)cc1. The molecule has 5 nitrogen and oxygen atoms in total. The third-order valence-corrected chi connectivity index (χ3v) is 5.34. The zero-order valence-corrected chi connectivity index (χ0v) is 22.7.